The topological polar surface area (TPSA) is 0 Å². The first-order chi connectivity index (χ1) is 15.7. The summed E-state index contributed by atoms with van der Waals surface area (Å²) in [6.45, 7) is 4.56. The Kier molecular flexibility index (Phi) is 8.21. The fourth-order valence-corrected chi connectivity index (χ4v) is 5.46. The molecule has 3 aromatic rings. The summed E-state index contributed by atoms with van der Waals surface area (Å²) in [6, 6.07) is 27.4. The van der Waals surface area contributed by atoms with Crippen molar-refractivity contribution in [3.8, 4) is 22.3 Å². The first kappa shape index (κ1) is 22.8. The molecule has 0 aromatic heterocycles. The first-order valence-corrected chi connectivity index (χ1v) is 13.0. The summed E-state index contributed by atoms with van der Waals surface area (Å²) in [4.78, 5) is 0. The molecular formula is C32H40. The molecule has 0 saturated heterocycles. The van der Waals surface area contributed by atoms with Crippen molar-refractivity contribution >= 4 is 0 Å². The lowest BCUT2D eigenvalue weighted by Crippen LogP contribution is -2.15. The Hall–Kier alpha value is -2.34. The zero-order chi connectivity index (χ0) is 22.2. The molecule has 168 valence electrons. The zero-order valence-corrected chi connectivity index (χ0v) is 20.2. The fourth-order valence-electron chi connectivity index (χ4n) is 5.46. The van der Waals surface area contributed by atoms with E-state index in [9.17, 15) is 0 Å². The highest BCUT2D eigenvalue weighted by Crippen LogP contribution is 2.34. The Bertz CT molecular complexity index is 923. The van der Waals surface area contributed by atoms with Crippen molar-refractivity contribution in [2.75, 3.05) is 0 Å². The van der Waals surface area contributed by atoms with Gasteiger partial charge in [0.15, 0.2) is 0 Å². The van der Waals surface area contributed by atoms with Crippen molar-refractivity contribution < 1.29 is 0 Å². The number of hydrogen-bond donors (Lipinski definition) is 0. The van der Waals surface area contributed by atoms with Crippen molar-refractivity contribution in [2.24, 2.45) is 11.8 Å². The summed E-state index contributed by atoms with van der Waals surface area (Å²) in [5.41, 5.74) is 8.14. The SMILES string of the molecule is CCCc1ccc(-c2ccc(-c3ccc(CCC4CCC(CCC)CC4)cc3)cc2)cc1. The van der Waals surface area contributed by atoms with Gasteiger partial charge >= 0.3 is 0 Å². The molecule has 1 aliphatic rings. The highest BCUT2D eigenvalue weighted by atomic mass is 14.3. The van der Waals surface area contributed by atoms with Gasteiger partial charge in [-0.2, -0.15) is 0 Å². The lowest BCUT2D eigenvalue weighted by molar-refractivity contribution is 0.252. The van der Waals surface area contributed by atoms with E-state index in [0.717, 1.165) is 18.3 Å². The van der Waals surface area contributed by atoms with E-state index in [-0.39, 0.29) is 0 Å². The second-order valence-electron chi connectivity index (χ2n) is 9.94. The van der Waals surface area contributed by atoms with E-state index in [0.29, 0.717) is 0 Å². The Morgan fingerprint density at radius 3 is 1.25 bits per heavy atom. The molecule has 0 N–H and O–H groups in total. The molecule has 0 heterocycles. The average Bonchev–Trinajstić information content (AvgIpc) is 2.85. The molecule has 1 fully saturated rings. The van der Waals surface area contributed by atoms with Crippen molar-refractivity contribution in [1.82, 2.24) is 0 Å². The van der Waals surface area contributed by atoms with Crippen LogP contribution in [-0.4, -0.2) is 0 Å². The van der Waals surface area contributed by atoms with Crippen molar-refractivity contribution in [2.45, 2.75) is 78.1 Å². The normalized spacial score (nSPS) is 18.6. The van der Waals surface area contributed by atoms with Gasteiger partial charge in [0.05, 0.1) is 0 Å². The Labute approximate surface area is 196 Å². The third-order valence-corrected chi connectivity index (χ3v) is 7.50. The molecular weight excluding hydrogens is 384 g/mol. The van der Waals surface area contributed by atoms with E-state index in [2.05, 4.69) is 86.6 Å². The molecule has 0 heteroatoms. The number of hydrogen-bond acceptors (Lipinski definition) is 0. The van der Waals surface area contributed by atoms with Gasteiger partial charge in [-0.3, -0.25) is 0 Å². The van der Waals surface area contributed by atoms with E-state index in [1.165, 1.54) is 91.2 Å². The van der Waals surface area contributed by atoms with Crippen molar-refractivity contribution in [3.05, 3.63) is 83.9 Å². The predicted molar refractivity (Wildman–Crippen MR) is 140 cm³/mol. The van der Waals surface area contributed by atoms with Crippen LogP contribution in [0.15, 0.2) is 72.8 Å². The summed E-state index contributed by atoms with van der Waals surface area (Å²) in [5.74, 6) is 1.97. The van der Waals surface area contributed by atoms with Gasteiger partial charge in [-0.1, -0.05) is 132 Å². The van der Waals surface area contributed by atoms with E-state index in [1.807, 2.05) is 0 Å². The van der Waals surface area contributed by atoms with Crippen LogP contribution in [0.1, 0.15) is 76.3 Å². The van der Waals surface area contributed by atoms with Gasteiger partial charge < -0.3 is 0 Å². The lowest BCUT2D eigenvalue weighted by atomic mass is 9.78. The molecule has 0 radical (unpaired) electrons. The standard InChI is InChI=1S/C32H40/c1-3-5-25-7-9-27(10-8-25)11-12-28-15-19-30(20-16-28)32-23-21-31(22-24-32)29-17-13-26(6-4-2)14-18-29/h13-25,27H,3-12H2,1-2H3. The van der Waals surface area contributed by atoms with Crippen LogP contribution < -0.4 is 0 Å². The van der Waals surface area contributed by atoms with Crippen LogP contribution in [0.4, 0.5) is 0 Å². The summed E-state index contributed by atoms with van der Waals surface area (Å²) < 4.78 is 0. The molecule has 0 amide bonds. The second-order valence-corrected chi connectivity index (χ2v) is 9.94. The minimum atomic E-state index is 0.950. The molecule has 0 aliphatic heterocycles. The maximum atomic E-state index is 2.35. The Morgan fingerprint density at radius 1 is 0.469 bits per heavy atom. The van der Waals surface area contributed by atoms with Gasteiger partial charge in [-0.25, -0.2) is 0 Å². The molecule has 0 atom stereocenters. The minimum Gasteiger partial charge on any atom is -0.0654 e. The van der Waals surface area contributed by atoms with Crippen LogP contribution in [-0.2, 0) is 12.8 Å². The average molecular weight is 425 g/mol. The molecule has 1 saturated carbocycles. The lowest BCUT2D eigenvalue weighted by Gasteiger charge is -2.28. The van der Waals surface area contributed by atoms with Crippen molar-refractivity contribution in [3.63, 3.8) is 0 Å². The summed E-state index contributed by atoms with van der Waals surface area (Å²) in [6.07, 6.45) is 13.6. The van der Waals surface area contributed by atoms with Crippen LogP contribution >= 0.6 is 0 Å². The van der Waals surface area contributed by atoms with Gasteiger partial charge in [-0.15, -0.1) is 0 Å². The number of rotatable bonds is 9. The summed E-state index contributed by atoms with van der Waals surface area (Å²) in [7, 11) is 0. The van der Waals surface area contributed by atoms with E-state index >= 15 is 0 Å². The Morgan fingerprint density at radius 2 is 0.844 bits per heavy atom. The van der Waals surface area contributed by atoms with E-state index < -0.39 is 0 Å². The molecule has 0 spiro atoms. The van der Waals surface area contributed by atoms with Gasteiger partial charge in [0.25, 0.3) is 0 Å². The largest absolute Gasteiger partial charge is 0.0654 e. The molecule has 0 unspecified atom stereocenters. The third kappa shape index (κ3) is 6.12. The molecule has 4 rings (SSSR count). The number of aryl methyl sites for hydroxylation is 2. The highest BCUT2D eigenvalue weighted by Gasteiger charge is 2.20. The third-order valence-electron chi connectivity index (χ3n) is 7.50. The van der Waals surface area contributed by atoms with Crippen LogP contribution in [0, 0.1) is 11.8 Å². The quantitative estimate of drug-likeness (QED) is 0.321. The second kappa shape index (κ2) is 11.5. The fraction of sp³-hybridized carbons (Fsp3) is 0.438. The molecule has 0 nitrogen and oxygen atoms in total. The summed E-state index contributed by atoms with van der Waals surface area (Å²) >= 11 is 0. The van der Waals surface area contributed by atoms with Crippen LogP contribution in [0.5, 0.6) is 0 Å². The zero-order valence-electron chi connectivity index (χ0n) is 20.2. The maximum absolute atomic E-state index is 2.35. The monoisotopic (exact) mass is 424 g/mol. The molecule has 32 heavy (non-hydrogen) atoms. The van der Waals surface area contributed by atoms with Crippen LogP contribution in [0.25, 0.3) is 22.3 Å². The molecule has 0 bridgehead atoms. The van der Waals surface area contributed by atoms with Crippen LogP contribution in [0.2, 0.25) is 0 Å². The smallest absolute Gasteiger partial charge is 0.0184 e. The molecule has 3 aromatic carbocycles. The maximum Gasteiger partial charge on any atom is -0.0184 e. The molecule has 1 aliphatic carbocycles. The predicted octanol–water partition coefficient (Wildman–Crippen LogP) is 9.51. The highest BCUT2D eigenvalue weighted by molar-refractivity contribution is 5.70. The van der Waals surface area contributed by atoms with Gasteiger partial charge in [-0.05, 0) is 64.5 Å². The van der Waals surface area contributed by atoms with Crippen molar-refractivity contribution in [1.29, 1.82) is 0 Å². The Balaban J connectivity index is 1.31. The number of benzene rings is 3. The van der Waals surface area contributed by atoms with Gasteiger partial charge in [0, 0.05) is 0 Å². The van der Waals surface area contributed by atoms with E-state index in [1.54, 1.807) is 0 Å². The summed E-state index contributed by atoms with van der Waals surface area (Å²) in [5, 5.41) is 0. The van der Waals surface area contributed by atoms with Gasteiger partial charge in [0.1, 0.15) is 0 Å². The minimum absolute atomic E-state index is 0.950. The first-order valence-electron chi connectivity index (χ1n) is 13.0. The van der Waals surface area contributed by atoms with E-state index in [4.69, 9.17) is 0 Å². The van der Waals surface area contributed by atoms with Gasteiger partial charge in [0.2, 0.25) is 0 Å². The van der Waals surface area contributed by atoms with Crippen LogP contribution in [0.3, 0.4) is 0 Å².